The summed E-state index contributed by atoms with van der Waals surface area (Å²) in [6, 6.07) is 30.6. The van der Waals surface area contributed by atoms with E-state index < -0.39 is 113 Å². The van der Waals surface area contributed by atoms with Crippen molar-refractivity contribution in [3.8, 4) is 0 Å². The van der Waals surface area contributed by atoms with E-state index in [0.717, 1.165) is 48.2 Å². The topological polar surface area (TPSA) is 462 Å². The fourth-order valence-electron chi connectivity index (χ4n) is 14.6. The molecule has 2 aliphatic heterocycles. The van der Waals surface area contributed by atoms with Crippen molar-refractivity contribution in [3.05, 3.63) is 144 Å². The molecule has 125 heavy (non-hydrogen) atoms. The van der Waals surface area contributed by atoms with Crippen molar-refractivity contribution in [2.45, 2.75) is 272 Å². The highest BCUT2D eigenvalue weighted by molar-refractivity contribution is 6.05. The number of aliphatic carboxylic acids is 1. The molecule has 0 saturated carbocycles. The second-order valence-electron chi connectivity index (χ2n) is 35.4. The summed E-state index contributed by atoms with van der Waals surface area (Å²) in [6.45, 7) is 26.9. The van der Waals surface area contributed by atoms with Crippen molar-refractivity contribution in [1.82, 2.24) is 42.1 Å². The highest BCUT2D eigenvalue weighted by Gasteiger charge is 2.38. The number of nitrogens with one attached hydrogen (secondary N) is 7. The Morgan fingerprint density at radius 3 is 1.34 bits per heavy atom. The van der Waals surface area contributed by atoms with E-state index in [1.165, 1.54) is 0 Å². The van der Waals surface area contributed by atoms with E-state index in [1.807, 2.05) is 156 Å². The second kappa shape index (κ2) is 56.6. The summed E-state index contributed by atoms with van der Waals surface area (Å²) in [5, 5.41) is 29.5. The lowest BCUT2D eigenvalue weighted by molar-refractivity contribution is -0.150. The summed E-state index contributed by atoms with van der Waals surface area (Å²) in [7, 11) is 0. The zero-order chi connectivity index (χ0) is 92.8. The highest BCUT2D eigenvalue weighted by Crippen LogP contribution is 2.27. The van der Waals surface area contributed by atoms with Gasteiger partial charge >= 0.3 is 30.1 Å². The van der Waals surface area contributed by atoms with Crippen molar-refractivity contribution in [1.29, 1.82) is 0 Å². The number of unbranched alkanes of at least 4 members (excludes halogenated alkanes) is 2. The molecule has 0 aromatic heterocycles. The summed E-state index contributed by atoms with van der Waals surface area (Å²) in [4.78, 5) is 182. The van der Waals surface area contributed by atoms with Crippen molar-refractivity contribution in [2.75, 3.05) is 52.5 Å². The maximum atomic E-state index is 14.1. The van der Waals surface area contributed by atoms with Crippen molar-refractivity contribution < 1.29 is 91.2 Å². The molecule has 30 nitrogen and oxygen atoms in total. The molecule has 2 heterocycles. The molecule has 4 aromatic rings. The van der Waals surface area contributed by atoms with Crippen LogP contribution < -0.4 is 54.4 Å². The van der Waals surface area contributed by atoms with Crippen LogP contribution in [0.25, 0.3) is 0 Å². The fraction of sp³-hybridized carbons (Fsp3) is 0.600. The highest BCUT2D eigenvalue weighted by atomic mass is 16.6. The number of ketones is 4. The Morgan fingerprint density at radius 2 is 0.880 bits per heavy atom. The molecule has 10 atom stereocenters. The van der Waals surface area contributed by atoms with Gasteiger partial charge in [0.1, 0.15) is 23.3 Å². The van der Waals surface area contributed by atoms with Crippen LogP contribution in [-0.2, 0) is 102 Å². The normalized spacial score (nSPS) is 15.5. The van der Waals surface area contributed by atoms with Gasteiger partial charge in [0.25, 0.3) is 0 Å². The number of nitrogens with zero attached hydrogens (tertiary/aromatic N) is 1. The maximum Gasteiger partial charge on any atom is 0.408 e. The van der Waals surface area contributed by atoms with Crippen LogP contribution in [0, 0.1) is 41.4 Å². The Kier molecular flexibility index (Phi) is 48.5. The van der Waals surface area contributed by atoms with E-state index in [0.29, 0.717) is 96.8 Å². The molecule has 2 saturated heterocycles. The van der Waals surface area contributed by atoms with Gasteiger partial charge in [0.05, 0.1) is 31.3 Å². The molecule has 0 aliphatic carbocycles. The van der Waals surface area contributed by atoms with Gasteiger partial charge in [-0.15, -0.1) is 0 Å². The number of hydrogen-bond donors (Lipinski definition) is 11. The number of Topliss-reactive ketones (excluding diaryl/α,β-unsaturated/α-hetero) is 4. The van der Waals surface area contributed by atoms with E-state index in [4.69, 9.17) is 36.1 Å². The minimum atomic E-state index is -1.32. The summed E-state index contributed by atoms with van der Waals surface area (Å²) >= 11 is 0. The number of esters is 2. The van der Waals surface area contributed by atoms with Crippen LogP contribution in [-0.4, -0.2) is 199 Å². The van der Waals surface area contributed by atoms with Crippen molar-refractivity contribution in [3.63, 3.8) is 0 Å². The minimum Gasteiger partial charge on any atom is -0.480 e. The first kappa shape index (κ1) is 107. The summed E-state index contributed by atoms with van der Waals surface area (Å²) in [6.07, 6.45) is 6.47. The third kappa shape index (κ3) is 43.4. The molecule has 7 amide bonds. The summed E-state index contributed by atoms with van der Waals surface area (Å²) in [5.74, 6) is -7.37. The number of carboxylic acid groups (broad SMARTS) is 1. The molecular weight excluding hydrogens is 1600 g/mol. The molecule has 2 unspecified atom stereocenters. The first-order valence-electron chi connectivity index (χ1n) is 44.4. The number of carboxylic acids is 1. The van der Waals surface area contributed by atoms with E-state index in [2.05, 4.69) is 37.2 Å². The van der Waals surface area contributed by atoms with E-state index in [1.54, 1.807) is 60.3 Å². The number of likely N-dealkylation sites (tertiary alicyclic amines) is 1. The smallest absolute Gasteiger partial charge is 0.408 e. The van der Waals surface area contributed by atoms with E-state index in [9.17, 15) is 72.2 Å². The van der Waals surface area contributed by atoms with Crippen LogP contribution in [0.4, 0.5) is 9.59 Å². The van der Waals surface area contributed by atoms with Crippen molar-refractivity contribution >= 4 is 82.8 Å². The molecule has 692 valence electrons. The lowest BCUT2D eigenvalue weighted by Crippen LogP contribution is -2.53. The number of rotatable bonds is 48. The van der Waals surface area contributed by atoms with Gasteiger partial charge in [-0.1, -0.05) is 156 Å². The van der Waals surface area contributed by atoms with Gasteiger partial charge in [-0.05, 0) is 224 Å². The largest absolute Gasteiger partial charge is 0.480 e. The molecule has 2 fully saturated rings. The molecule has 6 rings (SSSR count). The first-order valence-corrected chi connectivity index (χ1v) is 44.4. The molecule has 0 bridgehead atoms. The number of alkyl carbamates (subject to hydrolysis) is 2. The second-order valence-corrected chi connectivity index (χ2v) is 35.4. The van der Waals surface area contributed by atoms with Crippen LogP contribution in [0.5, 0.6) is 0 Å². The minimum absolute atomic E-state index is 0.0408. The number of ether oxygens (including phenoxy) is 4. The molecule has 0 radical (unpaired) electrons. The summed E-state index contributed by atoms with van der Waals surface area (Å²) in [5.41, 5.74) is 20.2. The van der Waals surface area contributed by atoms with Gasteiger partial charge in [0, 0.05) is 63.1 Å². The predicted molar refractivity (Wildman–Crippen MR) is 478 cm³/mol. The van der Waals surface area contributed by atoms with Crippen LogP contribution >= 0.6 is 0 Å². The average molecular weight is 1740 g/mol. The third-order valence-corrected chi connectivity index (χ3v) is 21.1. The van der Waals surface area contributed by atoms with E-state index in [-0.39, 0.29) is 123 Å². The zero-order valence-corrected chi connectivity index (χ0v) is 75.9. The van der Waals surface area contributed by atoms with Crippen LogP contribution in [0.1, 0.15) is 215 Å². The Morgan fingerprint density at radius 1 is 0.472 bits per heavy atom. The van der Waals surface area contributed by atoms with Gasteiger partial charge in [0.15, 0.2) is 35.2 Å². The molecule has 0 spiro atoms. The number of carbonyl (C=O) groups excluding carboxylic acids is 13. The summed E-state index contributed by atoms with van der Waals surface area (Å²) < 4.78 is 20.1. The molecular formula is C95H143N11O19. The van der Waals surface area contributed by atoms with Gasteiger partial charge in [-0.3, -0.25) is 43.2 Å². The standard InChI is InChI=1S/C42H62N6O7.C37H53N3O7.C16H28N2O5/c1-4-55-42(54)38(45)37(50)26-31-18-21-48(22-19-31)41(53)34(17-11-12-20-43)46-39(51)32(23-28(2)3)27-36(49)35(25-30-15-9-6-10-16-30)47-40(52)33(44)24-29-13-7-5-8-14-29;1-25(2)21-29(34(43)39-30(35(44)45)19-13-14-20-38-36(46)47-37(4,5)6)24-32(41)31(23-28-17-11-8-12-18-28)40-33(42)26(3)22-27-15-9-7-10-16-27;1-5-22-14(20)13(18-15(21)23-16(2,3)4)12(19)10-11-6-8-17-9-7-11/h5-10,13-16,28,31-35,38H,4,11-12,17-27,43-45H2,1-3H3,(H,46,51)(H,47,52);7-12,15-18,25-26,29-31H,13-14,19-24H2,1-6H3,(H,38,46)(H,39,43)(H,40,42)(H,44,45);11,13,17H,5-10H2,1-4H3,(H,18,21)/t32-,33+,34+,35+,38?;26-,29+,30-,31-;/m01./s1. The number of amides is 7. The number of hydrogen-bond acceptors (Lipinski definition) is 22. The monoisotopic (exact) mass is 1740 g/mol. The SMILES string of the molecule is CC(C)C[C@@H](CC(=O)[C@@H](Cc1ccccc1)NC(=O)[C@H](C)Cc1ccccc1)C(=O)N[C@H](CCCCNC(=O)OC(C)(C)C)C(=O)O.CCOC(=O)C(N)C(=O)CC1CCN(C(=O)[C@@H](CCCCN)NC(=O)[C@H](CC(=O)[C@@H](Cc2ccccc2)NC(=O)[C@H](N)Cc2ccccc2)CC(C)C)CC1.CCOC(=O)C(NC(=O)OC(C)(C)C)C(=O)CC1CCNCC1. The van der Waals surface area contributed by atoms with Crippen molar-refractivity contribution in [2.24, 2.45) is 58.6 Å². The number of piperidine rings is 2. The fourth-order valence-corrected chi connectivity index (χ4v) is 14.6. The first-order chi connectivity index (χ1) is 59.2. The number of carbonyl (C=O) groups is 14. The predicted octanol–water partition coefficient (Wildman–Crippen LogP) is 9.49. The van der Waals surface area contributed by atoms with E-state index >= 15 is 0 Å². The quantitative estimate of drug-likeness (QED) is 0.00848. The molecule has 4 aromatic carbocycles. The Hall–Kier alpha value is -10.3. The lowest BCUT2D eigenvalue weighted by Gasteiger charge is -2.35. The lowest BCUT2D eigenvalue weighted by atomic mass is 9.87. The third-order valence-electron chi connectivity index (χ3n) is 21.1. The zero-order valence-electron chi connectivity index (χ0n) is 75.9. The number of nitrogens with two attached hydrogens (primary N) is 3. The Bertz CT molecular complexity index is 4000. The Balaban J connectivity index is 0.000000424. The molecule has 2 aliphatic rings. The van der Waals surface area contributed by atoms with Gasteiger partial charge < -0.3 is 83.4 Å². The van der Waals surface area contributed by atoms with Gasteiger partial charge in [0.2, 0.25) is 29.5 Å². The maximum absolute atomic E-state index is 14.1. The average Bonchev–Trinajstić information content (AvgIpc) is 0.837. The number of benzene rings is 4. The molecule has 30 heteroatoms. The Labute approximate surface area is 739 Å². The van der Waals surface area contributed by atoms with Gasteiger partial charge in [-0.2, -0.15) is 0 Å². The molecule has 14 N–H and O–H groups in total. The van der Waals surface area contributed by atoms with Gasteiger partial charge in [-0.25, -0.2) is 24.0 Å². The van der Waals surface area contributed by atoms with Crippen LogP contribution in [0.15, 0.2) is 121 Å². The van der Waals surface area contributed by atoms with Crippen LogP contribution in [0.3, 0.4) is 0 Å². The van der Waals surface area contributed by atoms with Crippen LogP contribution in [0.2, 0.25) is 0 Å².